The number of hydrogen-bond acceptors (Lipinski definition) is 3. The fourth-order valence-corrected chi connectivity index (χ4v) is 3.36. The first-order valence-corrected chi connectivity index (χ1v) is 8.97. The van der Waals surface area contributed by atoms with Gasteiger partial charge in [-0.2, -0.15) is 13.2 Å². The summed E-state index contributed by atoms with van der Waals surface area (Å²) in [7, 11) is 2.13. The molecule has 25 heavy (non-hydrogen) atoms. The monoisotopic (exact) mass is 357 g/mol. The highest BCUT2D eigenvalue weighted by atomic mass is 19.4. The third kappa shape index (κ3) is 6.28. The zero-order chi connectivity index (χ0) is 18.6. The lowest BCUT2D eigenvalue weighted by Gasteiger charge is -2.33. The Morgan fingerprint density at radius 1 is 1.04 bits per heavy atom. The molecule has 0 aliphatic carbocycles. The number of rotatable bonds is 6. The van der Waals surface area contributed by atoms with Crippen molar-refractivity contribution in [2.75, 3.05) is 46.3 Å². The van der Waals surface area contributed by atoms with Crippen LogP contribution >= 0.6 is 0 Å². The molecule has 1 aliphatic heterocycles. The molecular weight excluding hydrogens is 327 g/mol. The quantitative estimate of drug-likeness (QED) is 0.772. The van der Waals surface area contributed by atoms with E-state index in [0.29, 0.717) is 13.1 Å². The molecule has 0 radical (unpaired) electrons. The smallest absolute Gasteiger partial charge is 0.304 e. The van der Waals surface area contributed by atoms with Gasteiger partial charge in [-0.05, 0) is 44.1 Å². The average molecular weight is 357 g/mol. The zero-order valence-corrected chi connectivity index (χ0v) is 15.8. The number of hydrogen-bond donors (Lipinski definition) is 0. The van der Waals surface area contributed by atoms with Crippen molar-refractivity contribution in [1.82, 2.24) is 14.7 Å². The highest BCUT2D eigenvalue weighted by molar-refractivity contribution is 5.38. The molecule has 0 aromatic heterocycles. The molecule has 1 fully saturated rings. The second kappa shape index (κ2) is 8.52. The summed E-state index contributed by atoms with van der Waals surface area (Å²) in [5.41, 5.74) is 4.50. The minimum absolute atomic E-state index is 0.346. The second-order valence-corrected chi connectivity index (χ2v) is 7.21. The molecule has 1 aromatic carbocycles. The predicted octanol–water partition coefficient (Wildman–Crippen LogP) is 3.44. The van der Waals surface area contributed by atoms with Gasteiger partial charge in [-0.1, -0.05) is 24.6 Å². The SMILES string of the molecule is CCN(Cc1cc(C)cc(CN2CCN(C)CC2)c1C)CC(F)(F)F. The number of aryl methyl sites for hydroxylation is 1. The Kier molecular flexibility index (Phi) is 6.88. The Bertz CT molecular complexity index is 564. The van der Waals surface area contributed by atoms with Gasteiger partial charge in [-0.25, -0.2) is 0 Å². The molecule has 1 aromatic rings. The van der Waals surface area contributed by atoms with E-state index >= 15 is 0 Å². The molecule has 0 atom stereocenters. The van der Waals surface area contributed by atoms with Gasteiger partial charge in [0.15, 0.2) is 0 Å². The molecule has 2 rings (SSSR count). The van der Waals surface area contributed by atoms with E-state index in [1.165, 1.54) is 10.5 Å². The maximum Gasteiger partial charge on any atom is 0.401 e. The number of likely N-dealkylation sites (N-methyl/N-ethyl adjacent to an activating group) is 1. The molecule has 1 saturated heterocycles. The van der Waals surface area contributed by atoms with Crippen molar-refractivity contribution in [1.29, 1.82) is 0 Å². The fourth-order valence-electron chi connectivity index (χ4n) is 3.36. The molecule has 0 amide bonds. The largest absolute Gasteiger partial charge is 0.401 e. The van der Waals surface area contributed by atoms with Crippen LogP contribution in [0.15, 0.2) is 12.1 Å². The van der Waals surface area contributed by atoms with Crippen molar-refractivity contribution in [2.24, 2.45) is 0 Å². The number of alkyl halides is 3. The number of piperazine rings is 1. The zero-order valence-electron chi connectivity index (χ0n) is 15.8. The first-order chi connectivity index (χ1) is 11.7. The van der Waals surface area contributed by atoms with Crippen molar-refractivity contribution < 1.29 is 13.2 Å². The molecule has 0 unspecified atom stereocenters. The van der Waals surface area contributed by atoms with Crippen LogP contribution in [0.1, 0.15) is 29.2 Å². The Morgan fingerprint density at radius 3 is 2.20 bits per heavy atom. The number of halogens is 3. The van der Waals surface area contributed by atoms with Gasteiger partial charge in [-0.15, -0.1) is 0 Å². The van der Waals surface area contributed by atoms with Gasteiger partial charge in [0.1, 0.15) is 0 Å². The van der Waals surface area contributed by atoms with E-state index in [-0.39, 0.29) is 0 Å². The van der Waals surface area contributed by atoms with Crippen LogP contribution in [0.3, 0.4) is 0 Å². The topological polar surface area (TPSA) is 9.72 Å². The van der Waals surface area contributed by atoms with Crippen LogP contribution in [-0.2, 0) is 13.1 Å². The van der Waals surface area contributed by atoms with Crippen LogP contribution in [0.5, 0.6) is 0 Å². The van der Waals surface area contributed by atoms with E-state index in [4.69, 9.17) is 0 Å². The lowest BCUT2D eigenvalue weighted by Crippen LogP contribution is -2.44. The van der Waals surface area contributed by atoms with Gasteiger partial charge in [0, 0.05) is 39.3 Å². The van der Waals surface area contributed by atoms with Crippen LogP contribution in [0, 0.1) is 13.8 Å². The van der Waals surface area contributed by atoms with Gasteiger partial charge in [0.2, 0.25) is 0 Å². The highest BCUT2D eigenvalue weighted by Crippen LogP contribution is 2.23. The third-order valence-corrected chi connectivity index (χ3v) is 5.00. The number of nitrogens with zero attached hydrogens (tertiary/aromatic N) is 3. The maximum atomic E-state index is 12.7. The van der Waals surface area contributed by atoms with Crippen LogP contribution in [0.4, 0.5) is 13.2 Å². The van der Waals surface area contributed by atoms with Crippen LogP contribution in [0.2, 0.25) is 0 Å². The van der Waals surface area contributed by atoms with Crippen LogP contribution in [0.25, 0.3) is 0 Å². The van der Waals surface area contributed by atoms with E-state index in [0.717, 1.165) is 49.4 Å². The summed E-state index contributed by atoms with van der Waals surface area (Å²) in [6, 6.07) is 4.21. The lowest BCUT2D eigenvalue weighted by molar-refractivity contribution is -0.146. The Morgan fingerprint density at radius 2 is 1.64 bits per heavy atom. The molecule has 0 bridgehead atoms. The molecule has 6 heteroatoms. The highest BCUT2D eigenvalue weighted by Gasteiger charge is 2.30. The molecule has 0 spiro atoms. The Labute approximate surface area is 149 Å². The van der Waals surface area contributed by atoms with Crippen molar-refractivity contribution in [2.45, 2.75) is 40.0 Å². The van der Waals surface area contributed by atoms with E-state index in [9.17, 15) is 13.2 Å². The average Bonchev–Trinajstić information content (AvgIpc) is 2.52. The summed E-state index contributed by atoms with van der Waals surface area (Å²) in [4.78, 5) is 6.21. The summed E-state index contributed by atoms with van der Waals surface area (Å²) < 4.78 is 38.2. The molecular formula is C19H30F3N3. The molecule has 0 saturated carbocycles. The first kappa shape index (κ1) is 20.2. The minimum Gasteiger partial charge on any atom is -0.304 e. The third-order valence-electron chi connectivity index (χ3n) is 5.00. The molecule has 3 nitrogen and oxygen atoms in total. The standard InChI is InChI=1S/C19H30F3N3/c1-5-24(14-19(20,21)22)12-17-10-15(2)11-18(16(17)3)13-25-8-6-23(4)7-9-25/h10-11H,5-9,12-14H2,1-4H3. The van der Waals surface area contributed by atoms with Gasteiger partial charge in [0.25, 0.3) is 0 Å². The van der Waals surface area contributed by atoms with Gasteiger partial charge < -0.3 is 4.90 Å². The van der Waals surface area contributed by atoms with Crippen molar-refractivity contribution >= 4 is 0 Å². The summed E-state index contributed by atoms with van der Waals surface area (Å²) in [5, 5.41) is 0. The normalized spacial score (nSPS) is 17.4. The van der Waals surface area contributed by atoms with E-state index < -0.39 is 12.7 Å². The summed E-state index contributed by atoms with van der Waals surface area (Å²) >= 11 is 0. The Hall–Kier alpha value is -1.11. The van der Waals surface area contributed by atoms with Crippen LogP contribution in [-0.4, -0.2) is 67.2 Å². The maximum absolute atomic E-state index is 12.7. The van der Waals surface area contributed by atoms with Crippen molar-refractivity contribution in [3.8, 4) is 0 Å². The van der Waals surface area contributed by atoms with Crippen molar-refractivity contribution in [3.05, 3.63) is 34.4 Å². The molecule has 142 valence electrons. The molecule has 1 heterocycles. The van der Waals surface area contributed by atoms with Gasteiger partial charge in [-0.3, -0.25) is 9.80 Å². The minimum atomic E-state index is -4.16. The van der Waals surface area contributed by atoms with Crippen molar-refractivity contribution in [3.63, 3.8) is 0 Å². The van der Waals surface area contributed by atoms with E-state index in [2.05, 4.69) is 22.9 Å². The van der Waals surface area contributed by atoms with E-state index in [1.807, 2.05) is 19.9 Å². The lowest BCUT2D eigenvalue weighted by atomic mass is 9.98. The van der Waals surface area contributed by atoms with Gasteiger partial charge in [0.05, 0.1) is 6.54 Å². The first-order valence-electron chi connectivity index (χ1n) is 8.97. The summed E-state index contributed by atoms with van der Waals surface area (Å²) in [6.45, 7) is 10.8. The van der Waals surface area contributed by atoms with Crippen LogP contribution < -0.4 is 0 Å². The number of benzene rings is 1. The van der Waals surface area contributed by atoms with E-state index in [1.54, 1.807) is 6.92 Å². The fraction of sp³-hybridized carbons (Fsp3) is 0.684. The summed E-state index contributed by atoms with van der Waals surface area (Å²) in [5.74, 6) is 0. The predicted molar refractivity (Wildman–Crippen MR) is 95.7 cm³/mol. The summed E-state index contributed by atoms with van der Waals surface area (Å²) in [6.07, 6.45) is -4.16. The second-order valence-electron chi connectivity index (χ2n) is 7.21. The van der Waals surface area contributed by atoms with Gasteiger partial charge >= 0.3 is 6.18 Å². The Balaban J connectivity index is 2.12. The molecule has 0 N–H and O–H groups in total. The molecule has 1 aliphatic rings.